The Kier molecular flexibility index (Phi) is 3.54. The van der Waals surface area contributed by atoms with Gasteiger partial charge in [0.05, 0.1) is 20.8 Å². The Bertz CT molecular complexity index is 253. The predicted octanol–water partition coefficient (Wildman–Crippen LogP) is 1.09. The lowest BCUT2D eigenvalue weighted by molar-refractivity contribution is 0.123. The van der Waals surface area contributed by atoms with Crippen molar-refractivity contribution < 1.29 is 14.3 Å². The highest BCUT2D eigenvalue weighted by atomic mass is 16.6. The molecule has 0 aliphatic rings. The molecule has 72 valence electrons. The number of nitrogens with two attached hydrogens (primary N) is 1. The van der Waals surface area contributed by atoms with Gasteiger partial charge in [-0.15, -0.1) is 0 Å². The number of hydrogen-bond acceptors (Lipinski definition) is 4. The number of benzene rings is 1. The predicted molar refractivity (Wildman–Crippen MR) is 48.5 cm³/mol. The van der Waals surface area contributed by atoms with E-state index >= 15 is 0 Å². The Balaban J connectivity index is 2.93. The normalized spacial score (nSPS) is 9.77. The van der Waals surface area contributed by atoms with Gasteiger partial charge in [0.25, 0.3) is 0 Å². The molecule has 0 aliphatic carbocycles. The molecule has 13 heavy (non-hydrogen) atoms. The molecule has 0 radical (unpaired) electrons. The summed E-state index contributed by atoms with van der Waals surface area (Å²) in [6.07, 6.45) is 0. The van der Waals surface area contributed by atoms with Crippen LogP contribution in [0.1, 0.15) is 5.56 Å². The van der Waals surface area contributed by atoms with Gasteiger partial charge in [-0.05, 0) is 17.7 Å². The summed E-state index contributed by atoms with van der Waals surface area (Å²) >= 11 is 0. The van der Waals surface area contributed by atoms with Crippen LogP contribution in [0, 0.1) is 0 Å². The average molecular weight is 183 g/mol. The summed E-state index contributed by atoms with van der Waals surface area (Å²) in [4.78, 5) is 4.52. The van der Waals surface area contributed by atoms with Gasteiger partial charge in [-0.2, -0.15) is 0 Å². The maximum absolute atomic E-state index is 5.07. The van der Waals surface area contributed by atoms with Gasteiger partial charge in [0.2, 0.25) is 0 Å². The zero-order valence-corrected chi connectivity index (χ0v) is 7.74. The van der Waals surface area contributed by atoms with Crippen LogP contribution in [0.2, 0.25) is 0 Å². The summed E-state index contributed by atoms with van der Waals surface area (Å²) in [6.45, 7) is 0.341. The van der Waals surface area contributed by atoms with Gasteiger partial charge in [-0.3, -0.25) is 4.84 Å². The topological polar surface area (TPSA) is 53.7 Å². The lowest BCUT2D eigenvalue weighted by atomic mass is 10.2. The second kappa shape index (κ2) is 4.69. The van der Waals surface area contributed by atoms with Crippen LogP contribution in [-0.4, -0.2) is 14.2 Å². The van der Waals surface area contributed by atoms with Crippen LogP contribution in [0.4, 0.5) is 0 Å². The smallest absolute Gasteiger partial charge is 0.122 e. The maximum atomic E-state index is 5.07. The molecule has 0 aromatic heterocycles. The zero-order chi connectivity index (χ0) is 9.68. The van der Waals surface area contributed by atoms with E-state index in [1.807, 2.05) is 12.1 Å². The van der Waals surface area contributed by atoms with E-state index in [-0.39, 0.29) is 0 Å². The third-order valence-corrected chi connectivity index (χ3v) is 1.66. The third kappa shape index (κ3) is 2.61. The molecular formula is C9H13NO3. The molecule has 1 rings (SSSR count). The van der Waals surface area contributed by atoms with E-state index in [2.05, 4.69) is 4.84 Å². The van der Waals surface area contributed by atoms with Gasteiger partial charge < -0.3 is 9.47 Å². The van der Waals surface area contributed by atoms with Crippen LogP contribution in [0.15, 0.2) is 18.2 Å². The second-order valence-electron chi connectivity index (χ2n) is 2.53. The first-order valence-electron chi connectivity index (χ1n) is 3.83. The van der Waals surface area contributed by atoms with Crippen molar-refractivity contribution >= 4 is 0 Å². The molecule has 2 N–H and O–H groups in total. The molecule has 0 atom stereocenters. The van der Waals surface area contributed by atoms with Crippen molar-refractivity contribution in [2.24, 2.45) is 5.90 Å². The quantitative estimate of drug-likeness (QED) is 0.710. The molecule has 0 fully saturated rings. The van der Waals surface area contributed by atoms with Crippen LogP contribution in [0.3, 0.4) is 0 Å². The van der Waals surface area contributed by atoms with Gasteiger partial charge >= 0.3 is 0 Å². The molecule has 1 aromatic rings. The Hall–Kier alpha value is -1.26. The molecule has 4 nitrogen and oxygen atoms in total. The minimum Gasteiger partial charge on any atom is -0.497 e. The summed E-state index contributed by atoms with van der Waals surface area (Å²) in [7, 11) is 3.20. The van der Waals surface area contributed by atoms with Crippen molar-refractivity contribution in [2.75, 3.05) is 14.2 Å². The van der Waals surface area contributed by atoms with E-state index in [0.29, 0.717) is 6.61 Å². The van der Waals surface area contributed by atoms with Crippen LogP contribution in [-0.2, 0) is 11.4 Å². The summed E-state index contributed by atoms with van der Waals surface area (Å²) in [6, 6.07) is 5.48. The first kappa shape index (κ1) is 9.83. The number of ether oxygens (including phenoxy) is 2. The van der Waals surface area contributed by atoms with Crippen molar-refractivity contribution in [3.8, 4) is 11.5 Å². The first-order chi connectivity index (χ1) is 6.30. The average Bonchev–Trinajstić information content (AvgIpc) is 2.17. The lowest BCUT2D eigenvalue weighted by Crippen LogP contribution is -1.99. The lowest BCUT2D eigenvalue weighted by Gasteiger charge is -2.07. The van der Waals surface area contributed by atoms with Gasteiger partial charge in [-0.1, -0.05) is 0 Å². The second-order valence-corrected chi connectivity index (χ2v) is 2.53. The Morgan fingerprint density at radius 1 is 1.08 bits per heavy atom. The SMILES string of the molecule is COc1cc(CON)cc(OC)c1. The van der Waals surface area contributed by atoms with Crippen molar-refractivity contribution in [1.29, 1.82) is 0 Å². The highest BCUT2D eigenvalue weighted by molar-refractivity contribution is 5.38. The minimum absolute atomic E-state index is 0.341. The largest absolute Gasteiger partial charge is 0.497 e. The maximum Gasteiger partial charge on any atom is 0.122 e. The molecule has 0 bridgehead atoms. The van der Waals surface area contributed by atoms with Crippen molar-refractivity contribution in [3.05, 3.63) is 23.8 Å². The van der Waals surface area contributed by atoms with Crippen LogP contribution in [0.25, 0.3) is 0 Å². The fraction of sp³-hybridized carbons (Fsp3) is 0.333. The first-order valence-corrected chi connectivity index (χ1v) is 3.83. The highest BCUT2D eigenvalue weighted by Crippen LogP contribution is 2.22. The Morgan fingerprint density at radius 2 is 1.62 bits per heavy atom. The molecule has 0 unspecified atom stereocenters. The van der Waals surface area contributed by atoms with Crippen LogP contribution >= 0.6 is 0 Å². The summed E-state index contributed by atoms with van der Waals surface area (Å²) in [5, 5.41) is 0. The number of hydrogen-bond donors (Lipinski definition) is 1. The van der Waals surface area contributed by atoms with Crippen LogP contribution < -0.4 is 15.4 Å². The summed E-state index contributed by atoms with van der Waals surface area (Å²) < 4.78 is 10.1. The molecular weight excluding hydrogens is 170 g/mol. The van der Waals surface area contributed by atoms with E-state index in [9.17, 15) is 0 Å². The van der Waals surface area contributed by atoms with Crippen molar-refractivity contribution in [1.82, 2.24) is 0 Å². The standard InChI is InChI=1S/C9H13NO3/c1-11-8-3-7(6-13-10)4-9(5-8)12-2/h3-5H,6,10H2,1-2H3. The fourth-order valence-corrected chi connectivity index (χ4v) is 1.05. The summed E-state index contributed by atoms with van der Waals surface area (Å²) in [5.41, 5.74) is 0.915. The minimum atomic E-state index is 0.341. The van der Waals surface area contributed by atoms with Crippen molar-refractivity contribution in [3.63, 3.8) is 0 Å². The van der Waals surface area contributed by atoms with Gasteiger partial charge in [0, 0.05) is 6.07 Å². The van der Waals surface area contributed by atoms with E-state index in [0.717, 1.165) is 17.1 Å². The monoisotopic (exact) mass is 183 g/mol. The van der Waals surface area contributed by atoms with E-state index < -0.39 is 0 Å². The molecule has 4 heteroatoms. The number of rotatable bonds is 4. The zero-order valence-electron chi connectivity index (χ0n) is 7.74. The van der Waals surface area contributed by atoms with Gasteiger partial charge in [-0.25, -0.2) is 5.90 Å². The van der Waals surface area contributed by atoms with Gasteiger partial charge in [0.1, 0.15) is 11.5 Å². The Labute approximate surface area is 77.2 Å². The molecule has 0 saturated carbocycles. The number of methoxy groups -OCH3 is 2. The molecule has 0 amide bonds. The van der Waals surface area contributed by atoms with Crippen molar-refractivity contribution in [2.45, 2.75) is 6.61 Å². The molecule has 1 aromatic carbocycles. The van der Waals surface area contributed by atoms with Crippen LogP contribution in [0.5, 0.6) is 11.5 Å². The Morgan fingerprint density at radius 3 is 2.00 bits per heavy atom. The highest BCUT2D eigenvalue weighted by Gasteiger charge is 2.00. The molecule has 0 spiro atoms. The van der Waals surface area contributed by atoms with E-state index in [4.69, 9.17) is 15.4 Å². The van der Waals surface area contributed by atoms with E-state index in [1.165, 1.54) is 0 Å². The third-order valence-electron chi connectivity index (χ3n) is 1.66. The molecule has 0 aliphatic heterocycles. The van der Waals surface area contributed by atoms with E-state index in [1.54, 1.807) is 20.3 Å². The summed E-state index contributed by atoms with van der Waals surface area (Å²) in [5.74, 6) is 6.42. The molecule has 0 heterocycles. The fourth-order valence-electron chi connectivity index (χ4n) is 1.05. The molecule has 0 saturated heterocycles. The van der Waals surface area contributed by atoms with Gasteiger partial charge in [0.15, 0.2) is 0 Å².